The van der Waals surface area contributed by atoms with Gasteiger partial charge in [-0.3, -0.25) is 4.79 Å². The fraction of sp³-hybridized carbons (Fsp3) is 0.375. The second kappa shape index (κ2) is 6.10. The summed E-state index contributed by atoms with van der Waals surface area (Å²) in [5.74, 6) is -0.0436. The summed E-state index contributed by atoms with van der Waals surface area (Å²) < 4.78 is 1.81. The number of imidazole rings is 1. The van der Waals surface area contributed by atoms with E-state index >= 15 is 0 Å². The van der Waals surface area contributed by atoms with Gasteiger partial charge in [0.05, 0.1) is 12.0 Å². The number of anilines is 1. The Balaban J connectivity index is 1.50. The summed E-state index contributed by atoms with van der Waals surface area (Å²) in [5.41, 5.74) is 2.97. The van der Waals surface area contributed by atoms with Crippen molar-refractivity contribution in [1.29, 1.82) is 0 Å². The molecule has 0 unspecified atom stereocenters. The molecule has 1 fully saturated rings. The molecule has 1 saturated carbocycles. The van der Waals surface area contributed by atoms with Gasteiger partial charge in [-0.25, -0.2) is 4.98 Å². The third-order valence-corrected chi connectivity index (χ3v) is 3.50. The predicted octanol–water partition coefficient (Wildman–Crippen LogP) is 2.08. The predicted molar refractivity (Wildman–Crippen MR) is 81.9 cm³/mol. The van der Waals surface area contributed by atoms with E-state index in [0.29, 0.717) is 6.04 Å². The van der Waals surface area contributed by atoms with E-state index in [-0.39, 0.29) is 12.5 Å². The number of carbonyl (C=O) groups excluding carboxylic acids is 1. The standard InChI is InChI=1S/C16H20N4O/c1-12-2-4-14(5-3-12)19-16(21)10-20-9-15(18-11-20)8-17-13-6-7-13/h2-5,9,11,13,17H,6-8,10H2,1H3,(H,19,21). The average molecular weight is 284 g/mol. The molecule has 0 aliphatic heterocycles. The maximum absolute atomic E-state index is 12.0. The fourth-order valence-corrected chi connectivity index (χ4v) is 2.12. The number of benzene rings is 1. The van der Waals surface area contributed by atoms with Crippen LogP contribution in [0.2, 0.25) is 0 Å². The van der Waals surface area contributed by atoms with Crippen molar-refractivity contribution in [2.75, 3.05) is 5.32 Å². The van der Waals surface area contributed by atoms with E-state index in [2.05, 4.69) is 15.6 Å². The third-order valence-electron chi connectivity index (χ3n) is 3.50. The molecule has 2 aromatic rings. The molecule has 5 nitrogen and oxygen atoms in total. The fourth-order valence-electron chi connectivity index (χ4n) is 2.12. The highest BCUT2D eigenvalue weighted by Gasteiger charge is 2.20. The van der Waals surface area contributed by atoms with Crippen molar-refractivity contribution in [3.05, 3.63) is 48.0 Å². The quantitative estimate of drug-likeness (QED) is 0.854. The van der Waals surface area contributed by atoms with E-state index in [4.69, 9.17) is 0 Å². The molecule has 2 N–H and O–H groups in total. The molecule has 1 aliphatic carbocycles. The molecule has 1 aliphatic rings. The first-order valence-corrected chi connectivity index (χ1v) is 7.29. The largest absolute Gasteiger partial charge is 0.328 e. The van der Waals surface area contributed by atoms with E-state index in [1.807, 2.05) is 42.0 Å². The lowest BCUT2D eigenvalue weighted by atomic mass is 10.2. The number of nitrogens with zero attached hydrogens (tertiary/aromatic N) is 2. The Morgan fingerprint density at radius 2 is 2.10 bits per heavy atom. The second-order valence-corrected chi connectivity index (χ2v) is 5.61. The maximum atomic E-state index is 12.0. The van der Waals surface area contributed by atoms with Gasteiger partial charge in [-0.2, -0.15) is 0 Å². The molecule has 1 aromatic heterocycles. The van der Waals surface area contributed by atoms with Gasteiger partial charge in [0.15, 0.2) is 0 Å². The van der Waals surface area contributed by atoms with Gasteiger partial charge in [-0.1, -0.05) is 17.7 Å². The number of hydrogen-bond acceptors (Lipinski definition) is 3. The molecule has 1 aromatic carbocycles. The van der Waals surface area contributed by atoms with Crippen LogP contribution in [-0.2, 0) is 17.9 Å². The molecular formula is C16H20N4O. The molecule has 0 bridgehead atoms. The van der Waals surface area contributed by atoms with Gasteiger partial charge in [0.1, 0.15) is 6.54 Å². The molecule has 0 saturated heterocycles. The van der Waals surface area contributed by atoms with Crippen molar-refractivity contribution in [2.45, 2.75) is 38.9 Å². The zero-order chi connectivity index (χ0) is 14.7. The first-order valence-electron chi connectivity index (χ1n) is 7.29. The summed E-state index contributed by atoms with van der Waals surface area (Å²) in [6, 6.07) is 8.45. The lowest BCUT2D eigenvalue weighted by Gasteiger charge is -2.06. The van der Waals surface area contributed by atoms with Crippen molar-refractivity contribution >= 4 is 11.6 Å². The molecule has 5 heteroatoms. The SMILES string of the molecule is Cc1ccc(NC(=O)Cn2cnc(CNC3CC3)c2)cc1. The zero-order valence-electron chi connectivity index (χ0n) is 12.2. The van der Waals surface area contributed by atoms with Crippen LogP contribution in [0.15, 0.2) is 36.8 Å². The topological polar surface area (TPSA) is 59.0 Å². The van der Waals surface area contributed by atoms with Crippen molar-refractivity contribution in [2.24, 2.45) is 0 Å². The molecule has 110 valence electrons. The van der Waals surface area contributed by atoms with Gasteiger partial charge in [-0.05, 0) is 31.9 Å². The Morgan fingerprint density at radius 1 is 1.33 bits per heavy atom. The highest BCUT2D eigenvalue weighted by atomic mass is 16.1. The summed E-state index contributed by atoms with van der Waals surface area (Å²) in [6.45, 7) is 3.08. The first kappa shape index (κ1) is 13.8. The summed E-state index contributed by atoms with van der Waals surface area (Å²) in [6.07, 6.45) is 6.15. The van der Waals surface area contributed by atoms with Crippen LogP contribution in [0.5, 0.6) is 0 Å². The summed E-state index contributed by atoms with van der Waals surface area (Å²) in [7, 11) is 0. The van der Waals surface area contributed by atoms with Crippen LogP contribution in [0.3, 0.4) is 0 Å². The smallest absolute Gasteiger partial charge is 0.244 e. The van der Waals surface area contributed by atoms with E-state index < -0.39 is 0 Å². The number of rotatable bonds is 6. The van der Waals surface area contributed by atoms with Crippen LogP contribution in [0.4, 0.5) is 5.69 Å². The van der Waals surface area contributed by atoms with Crippen LogP contribution in [0.25, 0.3) is 0 Å². The Labute approximate surface area is 124 Å². The second-order valence-electron chi connectivity index (χ2n) is 5.61. The molecule has 0 atom stereocenters. The minimum atomic E-state index is -0.0436. The van der Waals surface area contributed by atoms with E-state index in [0.717, 1.165) is 17.9 Å². The minimum Gasteiger partial charge on any atom is -0.328 e. The van der Waals surface area contributed by atoms with E-state index in [1.165, 1.54) is 18.4 Å². The number of amides is 1. The van der Waals surface area contributed by atoms with Crippen LogP contribution in [-0.4, -0.2) is 21.5 Å². The van der Waals surface area contributed by atoms with E-state index in [9.17, 15) is 4.79 Å². The summed E-state index contributed by atoms with van der Waals surface area (Å²) in [4.78, 5) is 16.3. The molecule has 1 heterocycles. The lowest BCUT2D eigenvalue weighted by molar-refractivity contribution is -0.116. The van der Waals surface area contributed by atoms with Crippen LogP contribution < -0.4 is 10.6 Å². The molecule has 3 rings (SSSR count). The summed E-state index contributed by atoms with van der Waals surface area (Å²) in [5, 5.41) is 6.29. The number of nitrogens with one attached hydrogen (secondary N) is 2. The van der Waals surface area contributed by atoms with Crippen LogP contribution in [0, 0.1) is 6.92 Å². The van der Waals surface area contributed by atoms with Crippen LogP contribution in [0.1, 0.15) is 24.1 Å². The normalized spacial score (nSPS) is 14.1. The monoisotopic (exact) mass is 284 g/mol. The minimum absolute atomic E-state index is 0.0436. The van der Waals surface area contributed by atoms with E-state index in [1.54, 1.807) is 6.33 Å². The van der Waals surface area contributed by atoms with Crippen LogP contribution >= 0.6 is 0 Å². The van der Waals surface area contributed by atoms with Gasteiger partial charge in [-0.15, -0.1) is 0 Å². The highest BCUT2D eigenvalue weighted by Crippen LogP contribution is 2.19. The van der Waals surface area contributed by atoms with Gasteiger partial charge in [0.25, 0.3) is 0 Å². The van der Waals surface area contributed by atoms with Gasteiger partial charge >= 0.3 is 0 Å². The van der Waals surface area contributed by atoms with Gasteiger partial charge < -0.3 is 15.2 Å². The van der Waals surface area contributed by atoms with Gasteiger partial charge in [0, 0.05) is 24.5 Å². The Morgan fingerprint density at radius 3 is 2.81 bits per heavy atom. The number of aromatic nitrogens is 2. The lowest BCUT2D eigenvalue weighted by Crippen LogP contribution is -2.18. The van der Waals surface area contributed by atoms with Crippen molar-refractivity contribution in [3.8, 4) is 0 Å². The number of carbonyl (C=O) groups is 1. The Hall–Kier alpha value is -2.14. The third kappa shape index (κ3) is 4.16. The molecule has 0 radical (unpaired) electrons. The Bertz CT molecular complexity index is 613. The zero-order valence-corrected chi connectivity index (χ0v) is 12.2. The van der Waals surface area contributed by atoms with Gasteiger partial charge in [0.2, 0.25) is 5.91 Å². The highest BCUT2D eigenvalue weighted by molar-refractivity contribution is 5.90. The first-order chi connectivity index (χ1) is 10.2. The number of hydrogen-bond donors (Lipinski definition) is 2. The maximum Gasteiger partial charge on any atom is 0.244 e. The Kier molecular flexibility index (Phi) is 4.01. The molecular weight excluding hydrogens is 264 g/mol. The van der Waals surface area contributed by atoms with Crippen molar-refractivity contribution in [3.63, 3.8) is 0 Å². The summed E-state index contributed by atoms with van der Waals surface area (Å²) >= 11 is 0. The van der Waals surface area contributed by atoms with Crippen molar-refractivity contribution < 1.29 is 4.79 Å². The molecule has 1 amide bonds. The average Bonchev–Trinajstić information content (AvgIpc) is 3.19. The molecule has 0 spiro atoms. The number of aryl methyl sites for hydroxylation is 1. The molecule has 21 heavy (non-hydrogen) atoms. The van der Waals surface area contributed by atoms with Crippen molar-refractivity contribution in [1.82, 2.24) is 14.9 Å².